The van der Waals surface area contributed by atoms with E-state index in [9.17, 15) is 0 Å². The van der Waals surface area contributed by atoms with Gasteiger partial charge in [-0.05, 0) is 98.4 Å². The minimum atomic E-state index is -0.112. The predicted octanol–water partition coefficient (Wildman–Crippen LogP) is 14.9. The van der Waals surface area contributed by atoms with Crippen LogP contribution in [0.5, 0.6) is 0 Å². The van der Waals surface area contributed by atoms with Gasteiger partial charge in [0.2, 0.25) is 0 Å². The molecule has 0 saturated heterocycles. The highest BCUT2D eigenvalue weighted by molar-refractivity contribution is 7.23. The van der Waals surface area contributed by atoms with Crippen molar-refractivity contribution in [3.05, 3.63) is 81.8 Å². The molecule has 2 unspecified atom stereocenters. The summed E-state index contributed by atoms with van der Waals surface area (Å²) in [5.74, 6) is 3.11. The van der Waals surface area contributed by atoms with Gasteiger partial charge in [0.25, 0.3) is 11.8 Å². The van der Waals surface area contributed by atoms with E-state index in [1.807, 2.05) is 52.3 Å². The third kappa shape index (κ3) is 10.0. The number of nitrogens with zero attached hydrogens (tertiary/aromatic N) is 2. The summed E-state index contributed by atoms with van der Waals surface area (Å²) in [7, 11) is 0. The molecule has 0 radical (unpaired) electrons. The highest BCUT2D eigenvalue weighted by Gasteiger charge is 2.51. The first-order valence-corrected chi connectivity index (χ1v) is 24.1. The van der Waals surface area contributed by atoms with E-state index in [4.69, 9.17) is 8.83 Å². The Morgan fingerprint density at radius 2 is 1.00 bits per heavy atom. The molecule has 4 aromatic rings. The Balaban J connectivity index is 1.43. The van der Waals surface area contributed by atoms with E-state index in [1.165, 1.54) is 40.3 Å². The summed E-state index contributed by atoms with van der Waals surface area (Å²) >= 11 is 3.56. The fraction of sp³-hybridized carbons (Fsp3) is 0.560. The molecule has 0 N–H and O–H groups in total. The zero-order chi connectivity index (χ0) is 41.4. The fourth-order valence-corrected chi connectivity index (χ4v) is 10.7. The van der Waals surface area contributed by atoms with Crippen LogP contribution in [0.4, 0.5) is 0 Å². The van der Waals surface area contributed by atoms with Gasteiger partial charge in [0.05, 0.1) is 16.0 Å². The Bertz CT molecular complexity index is 2050. The van der Waals surface area contributed by atoms with Crippen molar-refractivity contribution in [1.29, 1.82) is 0 Å². The van der Waals surface area contributed by atoms with Crippen LogP contribution in [-0.4, -0.2) is 34.7 Å². The average molecular weight is 825 g/mol. The van der Waals surface area contributed by atoms with E-state index < -0.39 is 0 Å². The minimum absolute atomic E-state index is 0.102. The topological polar surface area (TPSA) is 66.9 Å². The van der Waals surface area contributed by atoms with Crippen LogP contribution >= 0.6 is 22.7 Å². The monoisotopic (exact) mass is 824 g/mol. The highest BCUT2D eigenvalue weighted by Crippen LogP contribution is 2.49. The maximum absolute atomic E-state index is 15.2. The number of hydrogen-bond donors (Lipinski definition) is 0. The molecule has 4 aromatic heterocycles. The second-order valence-corrected chi connectivity index (χ2v) is 20.0. The lowest BCUT2D eigenvalue weighted by molar-refractivity contribution is -0.124. The molecule has 58 heavy (non-hydrogen) atoms. The maximum atomic E-state index is 15.2. The Hall–Kier alpha value is -3.62. The second-order valence-electron chi connectivity index (χ2n) is 17.8. The molecule has 0 saturated carbocycles. The zero-order valence-corrected chi connectivity index (χ0v) is 38.3. The van der Waals surface area contributed by atoms with Crippen LogP contribution < -0.4 is 0 Å². The Kier molecular flexibility index (Phi) is 15.2. The lowest BCUT2D eigenvalue weighted by Gasteiger charge is -2.29. The first-order valence-electron chi connectivity index (χ1n) is 22.5. The molecule has 2 atom stereocenters. The number of thiophene rings is 2. The maximum Gasteiger partial charge on any atom is 0.261 e. The van der Waals surface area contributed by atoms with Crippen molar-refractivity contribution in [2.24, 2.45) is 11.8 Å². The Morgan fingerprint density at radius 3 is 1.53 bits per heavy atom. The van der Waals surface area contributed by atoms with Crippen LogP contribution in [0.25, 0.3) is 31.8 Å². The first kappa shape index (κ1) is 43.9. The van der Waals surface area contributed by atoms with E-state index in [0.717, 1.165) is 87.0 Å². The summed E-state index contributed by atoms with van der Waals surface area (Å²) in [6, 6.07) is 16.6. The first-order chi connectivity index (χ1) is 28.0. The van der Waals surface area contributed by atoms with Gasteiger partial charge in [-0.25, -0.2) is 0 Å². The zero-order valence-electron chi connectivity index (χ0n) is 36.6. The van der Waals surface area contributed by atoms with Gasteiger partial charge in [-0.1, -0.05) is 119 Å². The molecule has 0 aromatic carbocycles. The second kappa shape index (κ2) is 20.1. The number of hydrogen-bond acceptors (Lipinski definition) is 6. The predicted molar refractivity (Wildman–Crippen MR) is 244 cm³/mol. The van der Waals surface area contributed by atoms with Crippen molar-refractivity contribution in [1.82, 2.24) is 9.80 Å². The molecular formula is C50H68N2O4S2. The Morgan fingerprint density at radius 1 is 0.534 bits per heavy atom. The third-order valence-electron chi connectivity index (χ3n) is 11.9. The quantitative estimate of drug-likeness (QED) is 0.0699. The number of carbonyl (C=O) groups excluding carboxylic acids is 2. The lowest BCUT2D eigenvalue weighted by atomic mass is 9.94. The van der Waals surface area contributed by atoms with E-state index in [1.54, 1.807) is 11.3 Å². The lowest BCUT2D eigenvalue weighted by Crippen LogP contribution is -2.34. The van der Waals surface area contributed by atoms with Crippen molar-refractivity contribution in [2.75, 3.05) is 13.1 Å². The van der Waals surface area contributed by atoms with Crippen LogP contribution in [0.15, 0.2) is 68.5 Å². The van der Waals surface area contributed by atoms with Gasteiger partial charge in [-0.2, -0.15) is 0 Å². The minimum Gasteiger partial charge on any atom is -0.460 e. The van der Waals surface area contributed by atoms with Crippen LogP contribution in [0.3, 0.4) is 0 Å². The highest BCUT2D eigenvalue weighted by atomic mass is 32.1. The number of aryl methyl sites for hydroxylation is 1. The van der Waals surface area contributed by atoms with E-state index in [0.29, 0.717) is 59.0 Å². The molecule has 0 fully saturated rings. The number of furan rings is 2. The van der Waals surface area contributed by atoms with Gasteiger partial charge in [0.15, 0.2) is 11.5 Å². The molecule has 0 aliphatic carbocycles. The molecule has 6 rings (SSSR count). The van der Waals surface area contributed by atoms with Gasteiger partial charge in [-0.15, -0.1) is 22.7 Å². The van der Waals surface area contributed by atoms with Gasteiger partial charge in [-0.3, -0.25) is 9.59 Å². The molecular weight excluding hydrogens is 757 g/mol. The molecule has 8 heteroatoms. The normalized spacial score (nSPS) is 15.8. The summed E-state index contributed by atoms with van der Waals surface area (Å²) in [5, 5.41) is 0. The summed E-state index contributed by atoms with van der Waals surface area (Å²) in [6.07, 6.45) is 16.9. The molecule has 0 bridgehead atoms. The third-order valence-corrected chi connectivity index (χ3v) is 14.7. The Labute approximate surface area is 356 Å². The molecule has 6 nitrogen and oxygen atoms in total. The number of rotatable bonds is 23. The molecule has 314 valence electrons. The van der Waals surface area contributed by atoms with Crippen LogP contribution in [-0.2, 0) is 15.0 Å². The van der Waals surface area contributed by atoms with Gasteiger partial charge < -0.3 is 18.6 Å². The van der Waals surface area contributed by atoms with Crippen LogP contribution in [0, 0.1) is 18.8 Å². The van der Waals surface area contributed by atoms with E-state index in [-0.39, 0.29) is 17.2 Å². The summed E-state index contributed by atoms with van der Waals surface area (Å²) in [5.41, 5.74) is 2.30. The smallest absolute Gasteiger partial charge is 0.261 e. The fourth-order valence-electron chi connectivity index (χ4n) is 8.59. The molecule has 0 spiro atoms. The van der Waals surface area contributed by atoms with E-state index >= 15 is 9.59 Å². The number of fused-ring (bicyclic) bond motifs is 1. The summed E-state index contributed by atoms with van der Waals surface area (Å²) in [4.78, 5) is 39.0. The van der Waals surface area contributed by atoms with Crippen molar-refractivity contribution in [3.63, 3.8) is 0 Å². The molecule has 2 aliphatic heterocycles. The largest absolute Gasteiger partial charge is 0.460 e. The van der Waals surface area contributed by atoms with Gasteiger partial charge in [0.1, 0.15) is 22.9 Å². The standard InChI is InChI=1S/C50H68N2O4S2/c1-9-13-17-19-23-36(21-16-12-4)33-51-46(38-25-24-34(5)55-38)44-45(49(51)54)47(52(48(44)53)32-35(20-15-11-3)22-18-14-10-2)39-27-26-37(56-39)40-28-29-41(57-40)42-30-31-43(58-42)50(6,7)8/h24-31,35-36H,9-23,32-33H2,1-8H3. The van der Waals surface area contributed by atoms with Crippen LogP contribution in [0.1, 0.15) is 167 Å². The van der Waals surface area contributed by atoms with Crippen LogP contribution in [0.2, 0.25) is 0 Å². The van der Waals surface area contributed by atoms with Crippen molar-refractivity contribution in [3.8, 4) is 20.4 Å². The van der Waals surface area contributed by atoms with Crippen molar-refractivity contribution >= 4 is 45.9 Å². The SMILES string of the molecule is CCCCCCC(CCCC)CN1C(=O)C2=C(c3ccc(-c4ccc(-c5ccc(C(C)(C)C)s5)s4)o3)N(CC(CCCC)CCCCC)C(=O)C2=C1c1ccc(C)o1. The van der Waals surface area contributed by atoms with Gasteiger partial charge >= 0.3 is 0 Å². The van der Waals surface area contributed by atoms with E-state index in [2.05, 4.69) is 72.7 Å². The molecule has 2 amide bonds. The number of amides is 2. The summed E-state index contributed by atoms with van der Waals surface area (Å²) < 4.78 is 13.1. The summed E-state index contributed by atoms with van der Waals surface area (Å²) in [6.45, 7) is 18.8. The number of unbranched alkanes of at least 4 members (excludes halogenated alkanes) is 7. The number of carbonyl (C=O) groups is 2. The van der Waals surface area contributed by atoms with Crippen molar-refractivity contribution in [2.45, 2.75) is 157 Å². The van der Waals surface area contributed by atoms with Gasteiger partial charge in [0, 0.05) is 27.7 Å². The molecule has 2 aliphatic rings. The molecule has 6 heterocycles. The van der Waals surface area contributed by atoms with Crippen molar-refractivity contribution < 1.29 is 18.4 Å². The average Bonchev–Trinajstić information content (AvgIpc) is 4.06.